The van der Waals surface area contributed by atoms with E-state index < -0.39 is 5.97 Å². The summed E-state index contributed by atoms with van der Waals surface area (Å²) in [6.07, 6.45) is 1.68. The smallest absolute Gasteiger partial charge is 0.275 e. The van der Waals surface area contributed by atoms with Crippen LogP contribution in [0.2, 0.25) is 0 Å². The van der Waals surface area contributed by atoms with Crippen LogP contribution >= 0.6 is 11.3 Å². The molecule has 148 valence electrons. The highest BCUT2D eigenvalue weighted by atomic mass is 32.1. The van der Waals surface area contributed by atoms with Crippen LogP contribution in [-0.2, 0) is 0 Å². The molecule has 5 aromatic rings. The van der Waals surface area contributed by atoms with Crippen molar-refractivity contribution in [3.8, 4) is 11.3 Å². The van der Waals surface area contributed by atoms with Crippen molar-refractivity contribution in [1.82, 2.24) is 9.38 Å². The molecule has 30 heavy (non-hydrogen) atoms. The lowest BCUT2D eigenvalue weighted by Crippen LogP contribution is -2.22. The van der Waals surface area contributed by atoms with Crippen LogP contribution in [0, 0.1) is 13.8 Å². The van der Waals surface area contributed by atoms with Crippen LogP contribution in [0.1, 0.15) is 27.2 Å². The summed E-state index contributed by atoms with van der Waals surface area (Å²) in [5.74, 6) is -0.234. The molecule has 0 amide bonds. The summed E-state index contributed by atoms with van der Waals surface area (Å²) >= 11 is 1.31. The second-order valence-electron chi connectivity index (χ2n) is 7.17. The Hall–Kier alpha value is -3.71. The molecule has 0 aliphatic carbocycles. The molecule has 0 unspecified atom stereocenters. The predicted molar refractivity (Wildman–Crippen MR) is 114 cm³/mol. The first-order chi connectivity index (χ1) is 14.4. The maximum absolute atomic E-state index is 13.0. The van der Waals surface area contributed by atoms with Crippen molar-refractivity contribution >= 4 is 39.4 Å². The van der Waals surface area contributed by atoms with Crippen LogP contribution in [0.5, 0.6) is 0 Å². The number of carboxylic acid groups (broad SMARTS) is 1. The average Bonchev–Trinajstić information content (AvgIpc) is 3.39. The zero-order valence-electron chi connectivity index (χ0n) is 16.1. The van der Waals surface area contributed by atoms with Crippen molar-refractivity contribution in [3.63, 3.8) is 0 Å². The minimum absolute atomic E-state index is 0.0771. The number of nitrogens with zero attached hydrogens (tertiary/aromatic N) is 2. The Morgan fingerprint density at radius 3 is 2.80 bits per heavy atom. The number of carbonyl (C=O) groups excluding carboxylic acids is 1. The molecule has 2 aromatic carbocycles. The number of benzene rings is 2. The van der Waals surface area contributed by atoms with Gasteiger partial charge in [0, 0.05) is 11.6 Å². The number of aromatic carboxylic acids is 1. The van der Waals surface area contributed by atoms with Gasteiger partial charge in [0.05, 0.1) is 17.0 Å². The van der Waals surface area contributed by atoms with Crippen molar-refractivity contribution in [1.29, 1.82) is 0 Å². The van der Waals surface area contributed by atoms with E-state index >= 15 is 0 Å². The van der Waals surface area contributed by atoms with Gasteiger partial charge in [-0.3, -0.25) is 4.79 Å². The lowest BCUT2D eigenvalue weighted by atomic mass is 10.1. The summed E-state index contributed by atoms with van der Waals surface area (Å²) in [5, 5.41) is 11.1. The van der Waals surface area contributed by atoms with Crippen molar-refractivity contribution in [2.45, 2.75) is 13.8 Å². The standard InChI is InChI=1S/C23H16N2O4S/c1-12-8-13(2)20-17(9-12)25-21(26)19(30-23(25)24-20)11-16-6-7-18(29-16)14-4-3-5-15(10-14)22(27)28/h3-11H,1-2H3,(H,27,28)/p-1. The van der Waals surface area contributed by atoms with Gasteiger partial charge >= 0.3 is 0 Å². The Balaban J connectivity index is 1.61. The third-order valence-electron chi connectivity index (χ3n) is 4.96. The Bertz CT molecular complexity index is 1570. The number of hydrogen-bond acceptors (Lipinski definition) is 6. The van der Waals surface area contributed by atoms with Gasteiger partial charge in [0.15, 0.2) is 4.96 Å². The first-order valence-corrected chi connectivity index (χ1v) is 10.1. The lowest BCUT2D eigenvalue weighted by Gasteiger charge is -2.03. The van der Waals surface area contributed by atoms with Crippen molar-refractivity contribution in [2.75, 3.05) is 0 Å². The molecule has 5 rings (SSSR count). The third kappa shape index (κ3) is 2.91. The predicted octanol–water partition coefficient (Wildman–Crippen LogP) is 2.70. The van der Waals surface area contributed by atoms with Crippen LogP contribution in [0.25, 0.3) is 33.4 Å². The normalized spacial score (nSPS) is 12.3. The molecule has 0 fully saturated rings. The van der Waals surface area contributed by atoms with Crippen molar-refractivity contribution in [3.05, 3.63) is 85.9 Å². The minimum Gasteiger partial charge on any atom is -0.545 e. The van der Waals surface area contributed by atoms with E-state index in [9.17, 15) is 14.7 Å². The molecular formula is C23H15N2O4S-. The molecule has 0 saturated carbocycles. The number of hydrogen-bond donors (Lipinski definition) is 0. The van der Waals surface area contributed by atoms with E-state index in [1.807, 2.05) is 19.9 Å². The average molecular weight is 415 g/mol. The molecule has 7 heteroatoms. The van der Waals surface area contributed by atoms with Gasteiger partial charge in [-0.1, -0.05) is 35.6 Å². The van der Waals surface area contributed by atoms with Gasteiger partial charge in [0.25, 0.3) is 5.56 Å². The van der Waals surface area contributed by atoms with Gasteiger partial charge in [0.2, 0.25) is 0 Å². The van der Waals surface area contributed by atoms with Gasteiger partial charge in [-0.25, -0.2) is 9.38 Å². The fourth-order valence-corrected chi connectivity index (χ4v) is 4.58. The van der Waals surface area contributed by atoms with Gasteiger partial charge in [-0.15, -0.1) is 0 Å². The highest BCUT2D eigenvalue weighted by molar-refractivity contribution is 7.15. The SMILES string of the molecule is Cc1cc(C)c2nc3sc(=Cc4ccc(-c5cccc(C(=O)[O-])c5)o4)c(=O)n3c2c1. The molecule has 3 heterocycles. The second-order valence-corrected chi connectivity index (χ2v) is 8.17. The van der Waals surface area contributed by atoms with Gasteiger partial charge < -0.3 is 14.3 Å². The van der Waals surface area contributed by atoms with E-state index in [1.54, 1.807) is 34.7 Å². The van der Waals surface area contributed by atoms with E-state index in [4.69, 9.17) is 4.42 Å². The molecule has 6 nitrogen and oxygen atoms in total. The number of fused-ring (bicyclic) bond motifs is 3. The first-order valence-electron chi connectivity index (χ1n) is 9.26. The molecule has 0 aliphatic rings. The number of furan rings is 1. The number of aromatic nitrogens is 2. The Kier molecular flexibility index (Phi) is 4.08. The topological polar surface area (TPSA) is 87.6 Å². The number of carboxylic acids is 1. The van der Waals surface area contributed by atoms with Gasteiger partial charge in [0.1, 0.15) is 16.1 Å². The molecule has 3 aromatic heterocycles. The number of aryl methyl sites for hydroxylation is 2. The molecule has 0 radical (unpaired) electrons. The van der Waals surface area contributed by atoms with Crippen LogP contribution in [0.3, 0.4) is 0 Å². The number of thiazole rings is 1. The first kappa shape index (κ1) is 18.3. The molecule has 0 atom stereocenters. The van der Waals surface area contributed by atoms with Crippen LogP contribution < -0.4 is 15.2 Å². The molecule has 0 bridgehead atoms. The monoisotopic (exact) mass is 415 g/mol. The van der Waals surface area contributed by atoms with E-state index in [1.165, 1.54) is 23.5 Å². The quantitative estimate of drug-likeness (QED) is 0.452. The fourth-order valence-electron chi connectivity index (χ4n) is 3.62. The largest absolute Gasteiger partial charge is 0.545 e. The van der Waals surface area contributed by atoms with Crippen LogP contribution in [0.15, 0.2) is 57.7 Å². The Morgan fingerprint density at radius 2 is 2.00 bits per heavy atom. The summed E-state index contributed by atoms with van der Waals surface area (Å²) < 4.78 is 7.99. The Labute approximate surface area is 174 Å². The van der Waals surface area contributed by atoms with Crippen LogP contribution in [0.4, 0.5) is 0 Å². The third-order valence-corrected chi connectivity index (χ3v) is 5.93. The summed E-state index contributed by atoms with van der Waals surface area (Å²) in [4.78, 5) is 29.4. The van der Waals surface area contributed by atoms with E-state index in [2.05, 4.69) is 11.1 Å². The molecule has 0 N–H and O–H groups in total. The highest BCUT2D eigenvalue weighted by Gasteiger charge is 2.14. The molecule has 0 spiro atoms. The second kappa shape index (κ2) is 6.67. The maximum atomic E-state index is 13.0. The summed E-state index contributed by atoms with van der Waals surface area (Å²) in [7, 11) is 0. The zero-order valence-corrected chi connectivity index (χ0v) is 16.9. The highest BCUT2D eigenvalue weighted by Crippen LogP contribution is 2.24. The summed E-state index contributed by atoms with van der Waals surface area (Å²) in [6, 6.07) is 13.9. The van der Waals surface area contributed by atoms with E-state index in [-0.39, 0.29) is 11.1 Å². The minimum atomic E-state index is -1.24. The summed E-state index contributed by atoms with van der Waals surface area (Å²) in [6.45, 7) is 3.99. The summed E-state index contributed by atoms with van der Waals surface area (Å²) in [5.41, 5.74) is 4.32. The van der Waals surface area contributed by atoms with Crippen molar-refractivity contribution in [2.24, 2.45) is 0 Å². The van der Waals surface area contributed by atoms with Crippen molar-refractivity contribution < 1.29 is 14.3 Å². The molecule has 0 aliphatic heterocycles. The van der Waals surface area contributed by atoms with Crippen LogP contribution in [-0.4, -0.2) is 15.4 Å². The zero-order chi connectivity index (χ0) is 21.0. The Morgan fingerprint density at radius 1 is 1.17 bits per heavy atom. The van der Waals surface area contributed by atoms with Gasteiger partial charge in [-0.05, 0) is 54.8 Å². The molecular weight excluding hydrogens is 400 g/mol. The van der Waals surface area contributed by atoms with E-state index in [0.717, 1.165) is 22.2 Å². The molecule has 0 saturated heterocycles. The number of carbonyl (C=O) groups is 1. The van der Waals surface area contributed by atoms with E-state index in [0.29, 0.717) is 26.6 Å². The maximum Gasteiger partial charge on any atom is 0.275 e. The number of rotatable bonds is 3. The van der Waals surface area contributed by atoms with Gasteiger partial charge in [-0.2, -0.15) is 0 Å². The lowest BCUT2D eigenvalue weighted by molar-refractivity contribution is -0.255. The number of imidazole rings is 1. The fraction of sp³-hybridized carbons (Fsp3) is 0.0870.